The summed E-state index contributed by atoms with van der Waals surface area (Å²) in [6.45, 7) is 0.517. The molecule has 0 unspecified atom stereocenters. The molecule has 2 aromatic heterocycles. The van der Waals surface area contributed by atoms with Crippen LogP contribution in [0.15, 0.2) is 170 Å². The van der Waals surface area contributed by atoms with Gasteiger partial charge in [0.1, 0.15) is 48.1 Å². The van der Waals surface area contributed by atoms with E-state index in [1.807, 2.05) is 146 Å². The number of rotatable bonds is 13. The normalized spacial score (nSPS) is 10.9. The van der Waals surface area contributed by atoms with Crippen LogP contribution in [0.4, 0.5) is 23.0 Å². The first kappa shape index (κ1) is 38.9. The zero-order valence-corrected chi connectivity index (χ0v) is 31.3. The highest BCUT2D eigenvalue weighted by molar-refractivity contribution is 5.94. The maximum atomic E-state index is 10.7. The van der Waals surface area contributed by atoms with Crippen LogP contribution >= 0.6 is 0 Å². The third-order valence-corrected chi connectivity index (χ3v) is 8.62. The van der Waals surface area contributed by atoms with Gasteiger partial charge in [-0.2, -0.15) is 0 Å². The van der Waals surface area contributed by atoms with Gasteiger partial charge in [-0.25, -0.2) is 29.5 Å². The molecule has 290 valence electrons. The molecule has 0 amide bonds. The van der Waals surface area contributed by atoms with E-state index in [-0.39, 0.29) is 0 Å². The molecule has 0 fully saturated rings. The van der Waals surface area contributed by atoms with Gasteiger partial charge >= 0.3 is 11.9 Å². The van der Waals surface area contributed by atoms with Crippen molar-refractivity contribution in [1.29, 1.82) is 0 Å². The fourth-order valence-corrected chi connectivity index (χ4v) is 5.77. The minimum atomic E-state index is -0.991. The van der Waals surface area contributed by atoms with E-state index < -0.39 is 11.9 Å². The summed E-state index contributed by atoms with van der Waals surface area (Å²) in [6, 6.07) is 45.9. The van der Waals surface area contributed by atoms with Gasteiger partial charge in [0, 0.05) is 34.3 Å². The highest BCUT2D eigenvalue weighted by Gasteiger charge is 2.08. The Labute approximate surface area is 338 Å². The van der Waals surface area contributed by atoms with Crippen LogP contribution < -0.4 is 20.1 Å². The molecule has 0 bridgehead atoms. The Morgan fingerprint density at radius 3 is 1.47 bits per heavy atom. The minimum Gasteiger partial charge on any atom is -0.489 e. The smallest absolute Gasteiger partial charge is 0.328 e. The molecule has 4 N–H and O–H groups in total. The second-order valence-corrected chi connectivity index (χ2v) is 12.8. The van der Waals surface area contributed by atoms with Crippen LogP contribution in [0.25, 0.3) is 34.0 Å². The molecule has 0 aliphatic heterocycles. The van der Waals surface area contributed by atoms with Gasteiger partial charge < -0.3 is 30.3 Å². The topological polar surface area (TPSA) is 169 Å². The molecule has 12 heteroatoms. The average Bonchev–Trinajstić information content (AvgIpc) is 3.26. The molecule has 0 radical (unpaired) electrons. The van der Waals surface area contributed by atoms with Crippen LogP contribution in [0.3, 0.4) is 0 Å². The lowest BCUT2D eigenvalue weighted by Crippen LogP contribution is -1.97. The third kappa shape index (κ3) is 11.1. The highest BCUT2D eigenvalue weighted by Crippen LogP contribution is 2.28. The van der Waals surface area contributed by atoms with Crippen LogP contribution in [-0.2, 0) is 16.2 Å². The van der Waals surface area contributed by atoms with Crippen LogP contribution in [0.1, 0.15) is 16.7 Å². The van der Waals surface area contributed by atoms with Crippen molar-refractivity contribution in [2.75, 3.05) is 10.6 Å². The second kappa shape index (κ2) is 19.0. The number of hydrogen-bond donors (Lipinski definition) is 4. The van der Waals surface area contributed by atoms with Gasteiger partial charge in [0.25, 0.3) is 0 Å². The Morgan fingerprint density at radius 2 is 0.983 bits per heavy atom. The van der Waals surface area contributed by atoms with Crippen molar-refractivity contribution < 1.29 is 29.3 Å². The Hall–Kier alpha value is -8.38. The van der Waals surface area contributed by atoms with Crippen LogP contribution in [0.2, 0.25) is 0 Å². The van der Waals surface area contributed by atoms with Crippen molar-refractivity contribution in [3.63, 3.8) is 0 Å². The van der Waals surface area contributed by atoms with Crippen molar-refractivity contribution in [1.82, 2.24) is 19.9 Å². The molecule has 0 saturated heterocycles. The number of carboxylic acids is 2. The molecule has 8 rings (SSSR count). The minimum absolute atomic E-state index is 0.517. The molecule has 12 nitrogen and oxygen atoms in total. The third-order valence-electron chi connectivity index (χ3n) is 8.62. The molecular weight excluding hydrogens is 745 g/mol. The fraction of sp³-hybridized carbons (Fsp3) is 0.0213. The van der Waals surface area contributed by atoms with Crippen molar-refractivity contribution in [3.05, 3.63) is 187 Å². The van der Waals surface area contributed by atoms with E-state index in [2.05, 4.69) is 30.6 Å². The standard InChI is InChI=1S/C24H19N3O3.C23H17N3O3/c28-23(29)13-7-17-6-12-21-22(14-17)25-16-26-24(21)27-19-8-10-20(11-9-19)30-15-18-4-2-1-3-5-18;27-22(28)13-7-16-6-12-20-21(14-16)24-15-25-23(20)26-17-8-10-19(11-9-17)29-18-4-2-1-3-5-18/h1-14,16H,15H2,(H,28,29)(H,25,26,27);1-15H,(H,27,28)(H,24,25,26). The predicted molar refractivity (Wildman–Crippen MR) is 229 cm³/mol. The van der Waals surface area contributed by atoms with Crippen molar-refractivity contribution in [3.8, 4) is 17.2 Å². The number of nitrogens with zero attached hydrogens (tertiary/aromatic N) is 4. The van der Waals surface area contributed by atoms with E-state index in [1.165, 1.54) is 24.8 Å². The summed E-state index contributed by atoms with van der Waals surface area (Å²) in [5.74, 6) is 1.66. The Bertz CT molecular complexity index is 2750. The van der Waals surface area contributed by atoms with Crippen molar-refractivity contribution in [2.45, 2.75) is 6.61 Å². The van der Waals surface area contributed by atoms with Gasteiger partial charge in [-0.05, 0) is 114 Å². The Morgan fingerprint density at radius 1 is 0.525 bits per heavy atom. The van der Waals surface area contributed by atoms with Gasteiger partial charge in [0.15, 0.2) is 0 Å². The monoisotopic (exact) mass is 780 g/mol. The van der Waals surface area contributed by atoms with E-state index in [1.54, 1.807) is 0 Å². The van der Waals surface area contributed by atoms with Gasteiger partial charge in [0.05, 0.1) is 11.0 Å². The highest BCUT2D eigenvalue weighted by atomic mass is 16.5. The molecule has 2 heterocycles. The first-order valence-corrected chi connectivity index (χ1v) is 18.3. The summed E-state index contributed by atoms with van der Waals surface area (Å²) in [5.41, 5.74) is 5.81. The molecular formula is C47H36N6O6. The van der Waals surface area contributed by atoms with Gasteiger partial charge in [-0.3, -0.25) is 0 Å². The van der Waals surface area contributed by atoms with Gasteiger partial charge in [-0.1, -0.05) is 60.7 Å². The van der Waals surface area contributed by atoms with Crippen LogP contribution in [-0.4, -0.2) is 42.1 Å². The lowest BCUT2D eigenvalue weighted by molar-refractivity contribution is -0.132. The van der Waals surface area contributed by atoms with Crippen LogP contribution in [0.5, 0.6) is 17.2 Å². The first-order valence-electron chi connectivity index (χ1n) is 18.3. The number of nitrogens with one attached hydrogen (secondary N) is 2. The number of ether oxygens (including phenoxy) is 2. The van der Waals surface area contributed by atoms with Gasteiger partial charge in [0.2, 0.25) is 0 Å². The summed E-state index contributed by atoms with van der Waals surface area (Å²) in [5, 5.41) is 25.8. The Kier molecular flexibility index (Phi) is 12.5. The number of aromatic nitrogens is 4. The molecule has 0 saturated carbocycles. The second-order valence-electron chi connectivity index (χ2n) is 12.8. The molecule has 0 aliphatic carbocycles. The van der Waals surface area contributed by atoms with E-state index in [0.29, 0.717) is 18.2 Å². The number of benzene rings is 6. The van der Waals surface area contributed by atoms with Crippen LogP contribution in [0, 0.1) is 0 Å². The average molecular weight is 781 g/mol. The fourth-order valence-electron chi connectivity index (χ4n) is 5.77. The summed E-state index contributed by atoms with van der Waals surface area (Å²) in [6.07, 6.45) is 8.21. The molecule has 0 aliphatic rings. The summed E-state index contributed by atoms with van der Waals surface area (Å²) >= 11 is 0. The lowest BCUT2D eigenvalue weighted by atomic mass is 10.1. The molecule has 0 spiro atoms. The number of carboxylic acid groups (broad SMARTS) is 2. The maximum absolute atomic E-state index is 10.7. The van der Waals surface area contributed by atoms with Gasteiger partial charge in [-0.15, -0.1) is 0 Å². The number of para-hydroxylation sites is 1. The quantitative estimate of drug-likeness (QED) is 0.0818. The predicted octanol–water partition coefficient (Wildman–Crippen LogP) is 10.3. The number of aliphatic carboxylic acids is 2. The molecule has 0 atom stereocenters. The number of carbonyl (C=O) groups is 2. The number of fused-ring (bicyclic) bond motifs is 2. The first-order chi connectivity index (χ1) is 28.8. The van der Waals surface area contributed by atoms with E-state index >= 15 is 0 Å². The summed E-state index contributed by atoms with van der Waals surface area (Å²) in [4.78, 5) is 38.6. The van der Waals surface area contributed by atoms with E-state index in [4.69, 9.17) is 19.7 Å². The SMILES string of the molecule is O=C(O)C=Cc1ccc2c(Nc3ccc(OCc4ccccc4)cc3)ncnc2c1.O=C(O)C=Cc1ccc2c(Nc3ccc(Oc4ccccc4)cc3)ncnc2c1. The molecule has 8 aromatic rings. The lowest BCUT2D eigenvalue weighted by Gasteiger charge is -2.10. The summed E-state index contributed by atoms with van der Waals surface area (Å²) in [7, 11) is 0. The van der Waals surface area contributed by atoms with E-state index in [0.717, 1.165) is 79.3 Å². The number of hydrogen-bond acceptors (Lipinski definition) is 10. The van der Waals surface area contributed by atoms with E-state index in [9.17, 15) is 9.59 Å². The zero-order chi connectivity index (χ0) is 40.8. The number of anilines is 4. The van der Waals surface area contributed by atoms with Crippen molar-refractivity contribution >= 4 is 68.9 Å². The largest absolute Gasteiger partial charge is 0.489 e. The summed E-state index contributed by atoms with van der Waals surface area (Å²) < 4.78 is 11.6. The maximum Gasteiger partial charge on any atom is 0.328 e. The molecule has 59 heavy (non-hydrogen) atoms. The Balaban J connectivity index is 0.000000179. The zero-order valence-electron chi connectivity index (χ0n) is 31.3. The molecule has 6 aromatic carbocycles. The van der Waals surface area contributed by atoms with Crippen molar-refractivity contribution in [2.24, 2.45) is 0 Å².